The van der Waals surface area contributed by atoms with E-state index in [0.29, 0.717) is 25.1 Å². The van der Waals surface area contributed by atoms with Crippen LogP contribution >= 0.6 is 0 Å². The number of rotatable bonds is 4. The van der Waals surface area contributed by atoms with Gasteiger partial charge in [0.2, 0.25) is 5.91 Å². The third-order valence-corrected chi connectivity index (χ3v) is 7.03. The minimum atomic E-state index is -3.65. The monoisotopic (exact) mass is 341 g/mol. The predicted octanol–water partition coefficient (Wildman–Crippen LogP) is 1.25. The maximum atomic E-state index is 13.1. The Morgan fingerprint density at radius 2 is 2.09 bits per heavy atom. The van der Waals surface area contributed by atoms with Crippen LogP contribution in [-0.2, 0) is 15.0 Å². The topological polar surface area (TPSA) is 96.8 Å². The van der Waals surface area contributed by atoms with Crippen molar-refractivity contribution in [3.8, 4) is 0 Å². The molecule has 0 unspecified atom stereocenters. The standard InChI is InChI=1S/C15H23N3O4S/c1-11-6-7-12(15(16)19)10-18(11)23(20,21)17-8-2-4-13(17)14-5-3-9-22-14/h3,5,9,11-13H,2,4,6-8,10H2,1H3,(H2,16,19)/t11-,12+,13+/m1/s1. The van der Waals surface area contributed by atoms with Crippen molar-refractivity contribution in [3.63, 3.8) is 0 Å². The lowest BCUT2D eigenvalue weighted by Crippen LogP contribution is -2.53. The molecule has 0 radical (unpaired) electrons. The summed E-state index contributed by atoms with van der Waals surface area (Å²) < 4.78 is 34.6. The molecular formula is C15H23N3O4S. The second-order valence-electron chi connectivity index (χ2n) is 6.39. The van der Waals surface area contributed by atoms with Crippen molar-refractivity contribution in [1.82, 2.24) is 8.61 Å². The van der Waals surface area contributed by atoms with E-state index in [9.17, 15) is 13.2 Å². The molecule has 128 valence electrons. The van der Waals surface area contributed by atoms with Gasteiger partial charge in [-0.2, -0.15) is 17.0 Å². The van der Waals surface area contributed by atoms with E-state index in [0.717, 1.165) is 12.8 Å². The molecule has 0 aromatic carbocycles. The van der Waals surface area contributed by atoms with Crippen molar-refractivity contribution in [1.29, 1.82) is 0 Å². The van der Waals surface area contributed by atoms with Gasteiger partial charge in [-0.25, -0.2) is 0 Å². The number of amides is 1. The van der Waals surface area contributed by atoms with E-state index in [1.54, 1.807) is 12.3 Å². The summed E-state index contributed by atoms with van der Waals surface area (Å²) in [5, 5.41) is 0. The van der Waals surface area contributed by atoms with Gasteiger partial charge in [0, 0.05) is 19.1 Å². The van der Waals surface area contributed by atoms with Crippen LogP contribution in [0.4, 0.5) is 0 Å². The number of nitrogens with two attached hydrogens (primary N) is 1. The van der Waals surface area contributed by atoms with Crippen molar-refractivity contribution in [2.45, 2.75) is 44.7 Å². The lowest BCUT2D eigenvalue weighted by Gasteiger charge is -2.39. The summed E-state index contributed by atoms with van der Waals surface area (Å²) in [6.07, 6.45) is 4.39. The minimum absolute atomic E-state index is 0.131. The first kappa shape index (κ1) is 16.5. The van der Waals surface area contributed by atoms with E-state index >= 15 is 0 Å². The molecule has 2 N–H and O–H groups in total. The molecule has 1 amide bonds. The molecule has 23 heavy (non-hydrogen) atoms. The normalized spacial score (nSPS) is 30.6. The molecule has 2 aliphatic rings. The molecule has 3 atom stereocenters. The number of furan rings is 1. The Morgan fingerprint density at radius 3 is 2.74 bits per heavy atom. The van der Waals surface area contributed by atoms with Crippen LogP contribution < -0.4 is 5.73 Å². The van der Waals surface area contributed by atoms with Crippen LogP contribution in [0.5, 0.6) is 0 Å². The summed E-state index contributed by atoms with van der Waals surface area (Å²) in [4.78, 5) is 11.5. The van der Waals surface area contributed by atoms with E-state index in [1.165, 1.54) is 8.61 Å². The van der Waals surface area contributed by atoms with Gasteiger partial charge in [0.05, 0.1) is 18.2 Å². The van der Waals surface area contributed by atoms with Crippen LogP contribution in [0.25, 0.3) is 0 Å². The third-order valence-electron chi connectivity index (χ3n) is 4.90. The van der Waals surface area contributed by atoms with E-state index < -0.39 is 22.0 Å². The summed E-state index contributed by atoms with van der Waals surface area (Å²) in [5.41, 5.74) is 5.39. The number of primary amides is 1. The fourth-order valence-electron chi connectivity index (χ4n) is 3.54. The van der Waals surface area contributed by atoms with Crippen LogP contribution in [0.2, 0.25) is 0 Å². The summed E-state index contributed by atoms with van der Waals surface area (Å²) >= 11 is 0. The fourth-order valence-corrected chi connectivity index (χ4v) is 5.63. The van der Waals surface area contributed by atoms with E-state index in [2.05, 4.69) is 0 Å². The van der Waals surface area contributed by atoms with Crippen LogP contribution in [0.3, 0.4) is 0 Å². The van der Waals surface area contributed by atoms with Gasteiger partial charge >= 0.3 is 0 Å². The molecule has 2 fully saturated rings. The molecule has 1 aromatic rings. The Labute approximate surface area is 136 Å². The zero-order chi connectivity index (χ0) is 16.6. The molecule has 1 aromatic heterocycles. The third kappa shape index (κ3) is 3.02. The SMILES string of the molecule is C[C@@H]1CC[C@H](C(N)=O)CN1S(=O)(=O)N1CCC[C@H]1c1ccco1. The summed E-state index contributed by atoms with van der Waals surface area (Å²) in [6, 6.07) is 3.18. The van der Waals surface area contributed by atoms with Crippen LogP contribution in [-0.4, -0.2) is 42.1 Å². The smallest absolute Gasteiger partial charge is 0.282 e. The van der Waals surface area contributed by atoms with Crippen molar-refractivity contribution < 1.29 is 17.6 Å². The zero-order valence-electron chi connectivity index (χ0n) is 13.2. The second kappa shape index (κ2) is 6.26. The highest BCUT2D eigenvalue weighted by molar-refractivity contribution is 7.86. The quantitative estimate of drug-likeness (QED) is 0.891. The molecule has 0 saturated carbocycles. The first-order chi connectivity index (χ1) is 10.9. The fraction of sp³-hybridized carbons (Fsp3) is 0.667. The molecule has 3 rings (SSSR count). The van der Waals surface area contributed by atoms with E-state index in [-0.39, 0.29) is 18.6 Å². The van der Waals surface area contributed by atoms with Crippen molar-refractivity contribution in [2.75, 3.05) is 13.1 Å². The van der Waals surface area contributed by atoms with Gasteiger partial charge < -0.3 is 10.2 Å². The molecule has 0 bridgehead atoms. The Bertz CT molecular complexity index is 658. The maximum Gasteiger partial charge on any atom is 0.282 e. The molecule has 0 spiro atoms. The molecule has 3 heterocycles. The molecule has 8 heteroatoms. The summed E-state index contributed by atoms with van der Waals surface area (Å²) in [7, 11) is -3.65. The van der Waals surface area contributed by atoms with Crippen LogP contribution in [0.15, 0.2) is 22.8 Å². The molecule has 2 aliphatic heterocycles. The number of hydrogen-bond donors (Lipinski definition) is 1. The highest BCUT2D eigenvalue weighted by atomic mass is 32.2. The average Bonchev–Trinajstić information content (AvgIpc) is 3.18. The van der Waals surface area contributed by atoms with Gasteiger partial charge in [0.25, 0.3) is 10.2 Å². The van der Waals surface area contributed by atoms with Gasteiger partial charge in [-0.05, 0) is 44.7 Å². The molecular weight excluding hydrogens is 318 g/mol. The van der Waals surface area contributed by atoms with E-state index in [4.69, 9.17) is 10.2 Å². The van der Waals surface area contributed by atoms with Gasteiger partial charge in [0.1, 0.15) is 5.76 Å². The van der Waals surface area contributed by atoms with Gasteiger partial charge in [-0.1, -0.05) is 0 Å². The predicted molar refractivity (Wildman–Crippen MR) is 84.4 cm³/mol. The lowest BCUT2D eigenvalue weighted by atomic mass is 9.95. The highest BCUT2D eigenvalue weighted by Gasteiger charge is 2.44. The zero-order valence-corrected chi connectivity index (χ0v) is 14.0. The first-order valence-electron chi connectivity index (χ1n) is 8.02. The number of carbonyl (C=O) groups is 1. The van der Waals surface area contributed by atoms with Crippen LogP contribution in [0.1, 0.15) is 44.4 Å². The molecule has 7 nitrogen and oxygen atoms in total. The average molecular weight is 341 g/mol. The van der Waals surface area contributed by atoms with Gasteiger partial charge in [-0.15, -0.1) is 0 Å². The largest absolute Gasteiger partial charge is 0.468 e. The Morgan fingerprint density at radius 1 is 1.30 bits per heavy atom. The molecule has 0 aliphatic carbocycles. The molecule has 2 saturated heterocycles. The highest BCUT2D eigenvalue weighted by Crippen LogP contribution is 2.37. The van der Waals surface area contributed by atoms with Gasteiger partial charge in [0.15, 0.2) is 0 Å². The lowest BCUT2D eigenvalue weighted by molar-refractivity contribution is -0.123. The minimum Gasteiger partial charge on any atom is -0.468 e. The Hall–Kier alpha value is -1.38. The van der Waals surface area contributed by atoms with E-state index in [1.807, 2.05) is 13.0 Å². The Balaban J connectivity index is 1.86. The van der Waals surface area contributed by atoms with Crippen molar-refractivity contribution >= 4 is 16.1 Å². The maximum absolute atomic E-state index is 13.1. The first-order valence-corrected chi connectivity index (χ1v) is 9.42. The van der Waals surface area contributed by atoms with Gasteiger partial charge in [-0.3, -0.25) is 4.79 Å². The number of carbonyl (C=O) groups excluding carboxylic acids is 1. The van der Waals surface area contributed by atoms with Crippen molar-refractivity contribution in [2.24, 2.45) is 11.7 Å². The summed E-state index contributed by atoms with van der Waals surface area (Å²) in [5.74, 6) is -0.172. The summed E-state index contributed by atoms with van der Waals surface area (Å²) in [6.45, 7) is 2.52. The number of hydrogen-bond acceptors (Lipinski definition) is 4. The second-order valence-corrected chi connectivity index (χ2v) is 8.22. The Kier molecular flexibility index (Phi) is 4.48. The number of nitrogens with zero attached hydrogens (tertiary/aromatic N) is 2. The van der Waals surface area contributed by atoms with Crippen molar-refractivity contribution in [3.05, 3.63) is 24.2 Å². The van der Waals surface area contributed by atoms with Crippen LogP contribution in [0, 0.1) is 5.92 Å². The number of piperidine rings is 1.